The van der Waals surface area contributed by atoms with E-state index >= 15 is 0 Å². The van der Waals surface area contributed by atoms with E-state index in [-0.39, 0.29) is 11.5 Å². The van der Waals surface area contributed by atoms with Crippen molar-refractivity contribution in [3.05, 3.63) is 24.3 Å². The molecule has 134 valence electrons. The van der Waals surface area contributed by atoms with Crippen molar-refractivity contribution in [3.63, 3.8) is 0 Å². The first kappa shape index (κ1) is 16.8. The van der Waals surface area contributed by atoms with Gasteiger partial charge in [-0.05, 0) is 86.4 Å². The van der Waals surface area contributed by atoms with Crippen LogP contribution in [0, 0.1) is 28.6 Å². The first-order valence-electron chi connectivity index (χ1n) is 10.0. The van der Waals surface area contributed by atoms with Gasteiger partial charge in [0.05, 0.1) is 11.7 Å². The lowest BCUT2D eigenvalue weighted by Gasteiger charge is -2.59. The van der Waals surface area contributed by atoms with E-state index in [2.05, 4.69) is 26.5 Å². The smallest absolute Gasteiger partial charge is 0.0738 e. The zero-order valence-electron chi connectivity index (χ0n) is 15.4. The topological polar surface area (TPSA) is 40.5 Å². The Morgan fingerprint density at radius 3 is 2.67 bits per heavy atom. The number of hydrogen-bond acceptors (Lipinski definition) is 2. The Labute approximate surface area is 147 Å². The molecule has 0 radical (unpaired) electrons. The Morgan fingerprint density at radius 1 is 1.17 bits per heavy atom. The van der Waals surface area contributed by atoms with Gasteiger partial charge < -0.3 is 10.2 Å². The second-order valence-electron chi connectivity index (χ2n) is 9.68. The standard InChI is InChI=1S/C22H34O2/c1-4-10-22(24)13-9-19-17-6-5-15-14-16(23)7-11-20(15,2)18(17)8-12-21(19,22)3/h4-5,16-19,23-24H,1,6-14H2,2-3H3. The number of rotatable bonds is 2. The largest absolute Gasteiger partial charge is 0.393 e. The second-order valence-corrected chi connectivity index (χ2v) is 9.68. The third-order valence-corrected chi connectivity index (χ3v) is 8.88. The van der Waals surface area contributed by atoms with Gasteiger partial charge in [-0.25, -0.2) is 0 Å². The zero-order valence-corrected chi connectivity index (χ0v) is 15.4. The van der Waals surface area contributed by atoms with E-state index in [4.69, 9.17) is 0 Å². The lowest BCUT2D eigenvalue weighted by atomic mass is 9.47. The number of aliphatic hydroxyl groups is 2. The van der Waals surface area contributed by atoms with Crippen LogP contribution in [0.2, 0.25) is 0 Å². The molecule has 7 atom stereocenters. The van der Waals surface area contributed by atoms with Crippen molar-refractivity contribution < 1.29 is 10.2 Å². The molecule has 0 aromatic rings. The van der Waals surface area contributed by atoms with Crippen LogP contribution in [-0.2, 0) is 0 Å². The molecule has 2 heteroatoms. The molecule has 0 heterocycles. The summed E-state index contributed by atoms with van der Waals surface area (Å²) in [4.78, 5) is 0. The summed E-state index contributed by atoms with van der Waals surface area (Å²) in [5.74, 6) is 2.10. The molecule has 2 N–H and O–H groups in total. The molecule has 4 aliphatic carbocycles. The van der Waals surface area contributed by atoms with Crippen LogP contribution >= 0.6 is 0 Å². The molecular weight excluding hydrogens is 296 g/mol. The molecule has 4 aliphatic rings. The molecular formula is C22H34O2. The van der Waals surface area contributed by atoms with Crippen LogP contribution in [0.1, 0.15) is 71.6 Å². The molecule has 7 unspecified atom stereocenters. The molecule has 0 aromatic heterocycles. The molecule has 0 bridgehead atoms. The fraction of sp³-hybridized carbons (Fsp3) is 0.818. The molecule has 0 spiro atoms. The van der Waals surface area contributed by atoms with Gasteiger partial charge in [0.25, 0.3) is 0 Å². The van der Waals surface area contributed by atoms with Gasteiger partial charge in [-0.1, -0.05) is 31.6 Å². The van der Waals surface area contributed by atoms with Crippen LogP contribution in [0.25, 0.3) is 0 Å². The molecule has 0 aliphatic heterocycles. The van der Waals surface area contributed by atoms with E-state index < -0.39 is 5.60 Å². The van der Waals surface area contributed by atoms with E-state index in [9.17, 15) is 10.2 Å². The average molecular weight is 331 g/mol. The molecule has 0 saturated heterocycles. The molecule has 3 saturated carbocycles. The molecule has 3 fully saturated rings. The van der Waals surface area contributed by atoms with Crippen LogP contribution < -0.4 is 0 Å². The third kappa shape index (κ3) is 2.08. The van der Waals surface area contributed by atoms with Gasteiger partial charge >= 0.3 is 0 Å². The highest BCUT2D eigenvalue weighted by Crippen LogP contribution is 2.67. The second kappa shape index (κ2) is 5.45. The predicted molar refractivity (Wildman–Crippen MR) is 97.5 cm³/mol. The van der Waals surface area contributed by atoms with Crippen molar-refractivity contribution in [2.24, 2.45) is 28.6 Å². The van der Waals surface area contributed by atoms with Crippen molar-refractivity contribution in [1.82, 2.24) is 0 Å². The molecule has 0 aromatic carbocycles. The summed E-state index contributed by atoms with van der Waals surface area (Å²) < 4.78 is 0. The molecule has 2 nitrogen and oxygen atoms in total. The Bertz CT molecular complexity index is 566. The van der Waals surface area contributed by atoms with Crippen molar-refractivity contribution in [1.29, 1.82) is 0 Å². The van der Waals surface area contributed by atoms with Gasteiger partial charge in [0.15, 0.2) is 0 Å². The maximum absolute atomic E-state index is 11.3. The Kier molecular flexibility index (Phi) is 3.82. The quantitative estimate of drug-likeness (QED) is 0.725. The van der Waals surface area contributed by atoms with Gasteiger partial charge in [-0.15, -0.1) is 6.58 Å². The minimum Gasteiger partial charge on any atom is -0.393 e. The van der Waals surface area contributed by atoms with Gasteiger partial charge in [0.2, 0.25) is 0 Å². The van der Waals surface area contributed by atoms with Crippen LogP contribution in [0.4, 0.5) is 0 Å². The molecule has 0 amide bonds. The van der Waals surface area contributed by atoms with Crippen molar-refractivity contribution in [2.45, 2.75) is 83.3 Å². The Hall–Kier alpha value is -0.600. The number of hydrogen-bond donors (Lipinski definition) is 2. The van der Waals surface area contributed by atoms with E-state index in [1.807, 2.05) is 6.08 Å². The Morgan fingerprint density at radius 2 is 1.92 bits per heavy atom. The summed E-state index contributed by atoms with van der Waals surface area (Å²) in [6, 6.07) is 0. The first-order valence-corrected chi connectivity index (χ1v) is 10.0. The summed E-state index contributed by atoms with van der Waals surface area (Å²) in [5, 5.41) is 21.4. The number of allylic oxidation sites excluding steroid dienone is 1. The number of aliphatic hydroxyl groups excluding tert-OH is 1. The van der Waals surface area contributed by atoms with E-state index in [1.54, 1.807) is 0 Å². The monoisotopic (exact) mass is 330 g/mol. The predicted octanol–water partition coefficient (Wildman–Crippen LogP) is 4.62. The van der Waals surface area contributed by atoms with Crippen LogP contribution in [0.5, 0.6) is 0 Å². The van der Waals surface area contributed by atoms with Crippen molar-refractivity contribution in [3.8, 4) is 0 Å². The molecule has 24 heavy (non-hydrogen) atoms. The zero-order chi connectivity index (χ0) is 17.2. The first-order chi connectivity index (χ1) is 11.3. The third-order valence-electron chi connectivity index (χ3n) is 8.88. The minimum absolute atomic E-state index is 0.0538. The van der Waals surface area contributed by atoms with E-state index in [0.717, 1.165) is 50.9 Å². The van der Waals surface area contributed by atoms with Gasteiger partial charge in [0.1, 0.15) is 0 Å². The molecule has 4 rings (SSSR count). The van der Waals surface area contributed by atoms with E-state index in [1.165, 1.54) is 18.4 Å². The maximum Gasteiger partial charge on any atom is 0.0738 e. The van der Waals surface area contributed by atoms with Crippen LogP contribution in [-0.4, -0.2) is 21.9 Å². The lowest BCUT2D eigenvalue weighted by Crippen LogP contribution is -2.54. The van der Waals surface area contributed by atoms with Crippen molar-refractivity contribution in [2.75, 3.05) is 0 Å². The SMILES string of the molecule is C=CCC1(O)CCC2C3CC=C4CC(O)CCC4(C)C3CCC21C. The van der Waals surface area contributed by atoms with Gasteiger partial charge in [-0.2, -0.15) is 0 Å². The fourth-order valence-corrected chi connectivity index (χ4v) is 7.33. The summed E-state index contributed by atoms with van der Waals surface area (Å²) in [6.07, 6.45) is 13.6. The highest BCUT2D eigenvalue weighted by atomic mass is 16.3. The lowest BCUT2D eigenvalue weighted by molar-refractivity contribution is -0.122. The maximum atomic E-state index is 11.3. The summed E-state index contributed by atoms with van der Waals surface area (Å²) in [5.41, 5.74) is 1.34. The number of fused-ring (bicyclic) bond motifs is 5. The minimum atomic E-state index is -0.544. The summed E-state index contributed by atoms with van der Waals surface area (Å²) in [6.45, 7) is 8.72. The van der Waals surface area contributed by atoms with Crippen LogP contribution in [0.15, 0.2) is 24.3 Å². The fourth-order valence-electron chi connectivity index (χ4n) is 7.33. The highest BCUT2D eigenvalue weighted by Gasteiger charge is 2.63. The normalized spacial score (nSPS) is 53.6. The van der Waals surface area contributed by atoms with Gasteiger partial charge in [-0.3, -0.25) is 0 Å². The van der Waals surface area contributed by atoms with Gasteiger partial charge in [0, 0.05) is 0 Å². The van der Waals surface area contributed by atoms with Crippen LogP contribution in [0.3, 0.4) is 0 Å². The summed E-state index contributed by atoms with van der Waals surface area (Å²) in [7, 11) is 0. The van der Waals surface area contributed by atoms with Crippen molar-refractivity contribution >= 4 is 0 Å². The van der Waals surface area contributed by atoms with E-state index in [0.29, 0.717) is 17.3 Å². The summed E-state index contributed by atoms with van der Waals surface area (Å²) >= 11 is 0. The highest BCUT2D eigenvalue weighted by molar-refractivity contribution is 5.26. The average Bonchev–Trinajstić information content (AvgIpc) is 2.80. The Balaban J connectivity index is 1.66.